The molecule has 2 aromatic heterocycles. The molecule has 1 unspecified atom stereocenters. The van der Waals surface area contributed by atoms with Crippen LogP contribution >= 0.6 is 46.5 Å². The molecule has 13 heteroatoms. The van der Waals surface area contributed by atoms with Crippen LogP contribution in [0, 0.1) is 0 Å². The minimum absolute atomic E-state index is 0.160. The normalized spacial score (nSPS) is 17.5. The largest absolute Gasteiger partial charge is 0.376 e. The van der Waals surface area contributed by atoms with Gasteiger partial charge in [0.15, 0.2) is 5.11 Å². The van der Waals surface area contributed by atoms with Crippen molar-refractivity contribution in [2.24, 2.45) is 9.50 Å². The zero-order valence-corrected chi connectivity index (χ0v) is 19.8. The summed E-state index contributed by atoms with van der Waals surface area (Å²) in [5.74, 6) is 0. The quantitative estimate of drug-likeness (QED) is 0.248. The van der Waals surface area contributed by atoms with Crippen molar-refractivity contribution in [1.82, 2.24) is 15.3 Å². The highest BCUT2D eigenvalue weighted by Crippen LogP contribution is 2.20. The van der Waals surface area contributed by atoms with Crippen LogP contribution in [0.3, 0.4) is 0 Å². The van der Waals surface area contributed by atoms with Crippen molar-refractivity contribution < 1.29 is 13.2 Å². The molecule has 0 spiro atoms. The van der Waals surface area contributed by atoms with E-state index >= 15 is 0 Å². The lowest BCUT2D eigenvalue weighted by atomic mass is 10.2. The monoisotopic (exact) mass is 505 g/mol. The number of halogens is 1. The molecule has 0 amide bonds. The van der Waals surface area contributed by atoms with Gasteiger partial charge in [-0.2, -0.15) is 13.5 Å². The third-order valence-corrected chi connectivity index (χ3v) is 8.52. The molecule has 1 aliphatic rings. The Morgan fingerprint density at radius 3 is 3.03 bits per heavy atom. The van der Waals surface area contributed by atoms with Gasteiger partial charge in [0, 0.05) is 19.7 Å². The number of nitrogens with zero attached hydrogens (tertiary/aromatic N) is 3. The summed E-state index contributed by atoms with van der Waals surface area (Å²) < 4.78 is 36.2. The predicted molar refractivity (Wildman–Crippen MR) is 125 cm³/mol. The van der Waals surface area contributed by atoms with Crippen LogP contribution in [0.5, 0.6) is 0 Å². The standard InChI is InChI=1S/C17H20ClN5O3S4/c1-2-7-23-15(18)13(11-20-21-16(27)19-10-12-5-3-8-26-12)29-17(23)22-30(24,25)14-6-4-9-28-14/h2,4,6,9,11-12H,1,3,5,7-8,10H2,(H2,19,21,27)/b20-11-,22-17+. The van der Waals surface area contributed by atoms with Gasteiger partial charge in [-0.05, 0) is 36.5 Å². The van der Waals surface area contributed by atoms with Crippen molar-refractivity contribution in [3.8, 4) is 0 Å². The number of hydrogen-bond donors (Lipinski definition) is 2. The number of thiocarbonyl (C=S) groups is 1. The van der Waals surface area contributed by atoms with Crippen LogP contribution in [0.15, 0.2) is 43.9 Å². The highest BCUT2D eigenvalue weighted by Gasteiger charge is 2.17. The van der Waals surface area contributed by atoms with E-state index in [9.17, 15) is 8.42 Å². The maximum atomic E-state index is 12.5. The lowest BCUT2D eigenvalue weighted by Crippen LogP contribution is -2.37. The maximum absolute atomic E-state index is 12.5. The Morgan fingerprint density at radius 1 is 1.53 bits per heavy atom. The molecule has 1 fully saturated rings. The first kappa shape index (κ1) is 23.1. The third-order valence-electron chi connectivity index (χ3n) is 3.99. The number of hydrazone groups is 1. The molecule has 3 heterocycles. The third kappa shape index (κ3) is 5.99. The average molecular weight is 506 g/mol. The molecule has 0 saturated carbocycles. The zero-order valence-electron chi connectivity index (χ0n) is 15.8. The van der Waals surface area contributed by atoms with Gasteiger partial charge >= 0.3 is 0 Å². The van der Waals surface area contributed by atoms with E-state index in [0.29, 0.717) is 28.2 Å². The summed E-state index contributed by atoms with van der Waals surface area (Å²) in [6, 6.07) is 3.17. The number of sulfonamides is 1. The van der Waals surface area contributed by atoms with Crippen LogP contribution in [-0.4, -0.2) is 43.6 Å². The predicted octanol–water partition coefficient (Wildman–Crippen LogP) is 2.72. The first-order valence-corrected chi connectivity index (χ1v) is 12.9. The Kier molecular flexibility index (Phi) is 8.20. The van der Waals surface area contributed by atoms with Crippen LogP contribution in [0.2, 0.25) is 5.15 Å². The highest BCUT2D eigenvalue weighted by molar-refractivity contribution is 7.92. The van der Waals surface area contributed by atoms with Gasteiger partial charge in [0.2, 0.25) is 4.80 Å². The molecule has 2 N–H and O–H groups in total. The molecule has 0 bridgehead atoms. The molecule has 8 nitrogen and oxygen atoms in total. The lowest BCUT2D eigenvalue weighted by molar-refractivity contribution is 0.114. The maximum Gasteiger partial charge on any atom is 0.294 e. The average Bonchev–Trinajstić information content (AvgIpc) is 3.46. The Morgan fingerprint density at radius 2 is 2.37 bits per heavy atom. The summed E-state index contributed by atoms with van der Waals surface area (Å²) >= 11 is 13.8. The van der Waals surface area contributed by atoms with E-state index in [1.165, 1.54) is 12.3 Å². The summed E-state index contributed by atoms with van der Waals surface area (Å²) in [5, 5.41) is 9.48. The van der Waals surface area contributed by atoms with Crippen molar-refractivity contribution in [2.45, 2.75) is 29.7 Å². The van der Waals surface area contributed by atoms with Gasteiger partial charge in [0.05, 0.1) is 17.2 Å². The number of rotatable bonds is 8. The first-order chi connectivity index (χ1) is 14.4. The van der Waals surface area contributed by atoms with Gasteiger partial charge < -0.3 is 14.6 Å². The second kappa shape index (κ2) is 10.6. The van der Waals surface area contributed by atoms with Gasteiger partial charge in [-0.1, -0.05) is 35.1 Å². The highest BCUT2D eigenvalue weighted by atomic mass is 35.5. The summed E-state index contributed by atoms with van der Waals surface area (Å²) in [5.41, 5.74) is 2.72. The Bertz CT molecular complexity index is 1080. The van der Waals surface area contributed by atoms with Crippen molar-refractivity contribution in [1.29, 1.82) is 0 Å². The molecule has 1 saturated heterocycles. The van der Waals surface area contributed by atoms with Gasteiger partial charge in [0.25, 0.3) is 10.0 Å². The molecule has 1 atom stereocenters. The summed E-state index contributed by atoms with van der Waals surface area (Å²) in [6.07, 6.45) is 5.31. The van der Waals surface area contributed by atoms with Gasteiger partial charge in [0.1, 0.15) is 9.36 Å². The minimum atomic E-state index is -3.83. The van der Waals surface area contributed by atoms with Gasteiger partial charge in [-0.25, -0.2) is 0 Å². The smallest absolute Gasteiger partial charge is 0.294 e. The molecule has 162 valence electrons. The van der Waals surface area contributed by atoms with Crippen LogP contribution < -0.4 is 15.5 Å². The van der Waals surface area contributed by atoms with Crippen molar-refractivity contribution in [3.63, 3.8) is 0 Å². The summed E-state index contributed by atoms with van der Waals surface area (Å²) in [6.45, 7) is 5.38. The van der Waals surface area contributed by atoms with E-state index in [1.807, 2.05) is 0 Å². The lowest BCUT2D eigenvalue weighted by Gasteiger charge is -2.11. The number of ether oxygens (including phenoxy) is 1. The van der Waals surface area contributed by atoms with Crippen molar-refractivity contribution in [3.05, 3.63) is 45.0 Å². The molecule has 3 rings (SSSR count). The molecule has 0 radical (unpaired) electrons. The first-order valence-electron chi connectivity index (χ1n) is 8.94. The van der Waals surface area contributed by atoms with Crippen molar-refractivity contribution >= 4 is 67.8 Å². The number of nitrogens with one attached hydrogen (secondary N) is 2. The van der Waals surface area contributed by atoms with Gasteiger partial charge in [-0.3, -0.25) is 5.43 Å². The molecule has 0 aromatic carbocycles. The summed E-state index contributed by atoms with van der Waals surface area (Å²) in [4.78, 5) is 0.766. The van der Waals surface area contributed by atoms with Crippen LogP contribution in [-0.2, 0) is 21.3 Å². The molecule has 30 heavy (non-hydrogen) atoms. The molecule has 0 aliphatic carbocycles. The topological polar surface area (TPSA) is 97.1 Å². The SMILES string of the molecule is C=CCn1c(Cl)c(/C=N\NC(=S)NCC2CCCO2)s/c1=N/S(=O)(=O)c1cccs1. The number of thiophene rings is 1. The Balaban J connectivity index is 1.74. The van der Waals surface area contributed by atoms with E-state index < -0.39 is 10.0 Å². The number of aromatic nitrogens is 1. The Labute approximate surface area is 193 Å². The second-order valence-corrected chi connectivity index (χ2v) is 10.7. The van der Waals surface area contributed by atoms with E-state index in [1.54, 1.807) is 22.1 Å². The molecule has 1 aliphatic heterocycles. The van der Waals surface area contributed by atoms with E-state index in [0.717, 1.165) is 42.1 Å². The minimum Gasteiger partial charge on any atom is -0.376 e. The van der Waals surface area contributed by atoms with Crippen LogP contribution in [0.25, 0.3) is 0 Å². The molecular weight excluding hydrogens is 486 g/mol. The number of thiazole rings is 1. The van der Waals surface area contributed by atoms with E-state index in [-0.39, 0.29) is 15.1 Å². The number of hydrogen-bond acceptors (Lipinski definition) is 7. The Hall–Kier alpha value is -1.57. The molecule has 2 aromatic rings. The van der Waals surface area contributed by atoms with Gasteiger partial charge in [-0.15, -0.1) is 22.3 Å². The van der Waals surface area contributed by atoms with E-state index in [2.05, 4.69) is 26.8 Å². The number of allylic oxidation sites excluding steroid dienone is 1. The van der Waals surface area contributed by atoms with Crippen LogP contribution in [0.1, 0.15) is 17.7 Å². The fourth-order valence-electron chi connectivity index (χ4n) is 2.61. The van der Waals surface area contributed by atoms with E-state index in [4.69, 9.17) is 28.6 Å². The zero-order chi connectivity index (χ0) is 21.6. The molecular formula is C17H20ClN5O3S4. The van der Waals surface area contributed by atoms with Crippen molar-refractivity contribution in [2.75, 3.05) is 13.2 Å². The summed E-state index contributed by atoms with van der Waals surface area (Å²) in [7, 11) is -3.83. The fourth-order valence-corrected chi connectivity index (χ4v) is 6.18. The fraction of sp³-hybridized carbons (Fsp3) is 0.353. The second-order valence-electron chi connectivity index (χ2n) is 6.15. The van der Waals surface area contributed by atoms with Crippen LogP contribution in [0.4, 0.5) is 0 Å².